The van der Waals surface area contributed by atoms with Crippen LogP contribution in [0.25, 0.3) is 11.3 Å². The van der Waals surface area contributed by atoms with E-state index in [4.69, 9.17) is 16.2 Å². The number of aromatic amines is 1. The van der Waals surface area contributed by atoms with Crippen LogP contribution in [-0.4, -0.2) is 29.1 Å². The van der Waals surface area contributed by atoms with Gasteiger partial charge < -0.3 is 26.5 Å². The minimum Gasteiger partial charge on any atom is -0.410 e. The molecule has 0 aliphatic carbocycles. The van der Waals surface area contributed by atoms with Crippen LogP contribution in [0.2, 0.25) is 0 Å². The molecule has 0 radical (unpaired) electrons. The Bertz CT molecular complexity index is 795. The Labute approximate surface area is 143 Å². The number of carbonyl (C=O) groups is 3. The van der Waals surface area contributed by atoms with Crippen LogP contribution in [0.3, 0.4) is 0 Å². The Hall–Kier alpha value is -3.49. The first-order chi connectivity index (χ1) is 11.8. The van der Waals surface area contributed by atoms with E-state index < -0.39 is 18.0 Å². The van der Waals surface area contributed by atoms with Gasteiger partial charge in [-0.1, -0.05) is 0 Å². The maximum absolute atomic E-state index is 11.6. The molecule has 0 fully saturated rings. The number of benzene rings is 1. The van der Waals surface area contributed by atoms with E-state index in [0.29, 0.717) is 17.0 Å². The van der Waals surface area contributed by atoms with Crippen LogP contribution < -0.4 is 26.8 Å². The molecule has 0 bridgehead atoms. The molecule has 4 amide bonds. The van der Waals surface area contributed by atoms with Crippen LogP contribution in [0, 0.1) is 0 Å². The van der Waals surface area contributed by atoms with E-state index in [1.165, 1.54) is 6.07 Å². The first-order valence-electron chi connectivity index (χ1n) is 7.44. The van der Waals surface area contributed by atoms with Crippen molar-refractivity contribution in [1.29, 1.82) is 0 Å². The van der Waals surface area contributed by atoms with E-state index in [2.05, 4.69) is 15.6 Å². The molecule has 9 nitrogen and oxygen atoms in total. The number of H-pyrrole nitrogens is 1. The van der Waals surface area contributed by atoms with E-state index in [0.717, 1.165) is 0 Å². The number of primary amides is 2. The minimum absolute atomic E-state index is 0.0333. The molecule has 0 saturated carbocycles. The van der Waals surface area contributed by atoms with Crippen LogP contribution in [0.5, 0.6) is 5.75 Å². The molecule has 0 saturated heterocycles. The quantitative estimate of drug-likeness (QED) is 0.560. The number of urea groups is 1. The number of amides is 4. The summed E-state index contributed by atoms with van der Waals surface area (Å²) in [5, 5.41) is 4.91. The predicted octanol–water partition coefficient (Wildman–Crippen LogP) is 1.77. The van der Waals surface area contributed by atoms with E-state index in [1.807, 2.05) is 13.8 Å². The fraction of sp³-hybridized carbons (Fsp3) is 0.188. The highest BCUT2D eigenvalue weighted by Gasteiger charge is 2.15. The normalized spacial score (nSPS) is 10.4. The van der Waals surface area contributed by atoms with Gasteiger partial charge in [-0.15, -0.1) is 0 Å². The average molecular weight is 345 g/mol. The molecular weight excluding hydrogens is 326 g/mol. The summed E-state index contributed by atoms with van der Waals surface area (Å²) in [5.41, 5.74) is 11.7. The van der Waals surface area contributed by atoms with Crippen LogP contribution in [-0.2, 0) is 0 Å². The summed E-state index contributed by atoms with van der Waals surface area (Å²) in [7, 11) is 0. The Morgan fingerprint density at radius 3 is 2.28 bits per heavy atom. The molecule has 2 rings (SSSR count). The highest BCUT2D eigenvalue weighted by Crippen LogP contribution is 2.26. The van der Waals surface area contributed by atoms with Gasteiger partial charge >= 0.3 is 12.1 Å². The van der Waals surface area contributed by atoms with Crippen molar-refractivity contribution in [3.05, 3.63) is 35.9 Å². The minimum atomic E-state index is -0.823. The molecule has 25 heavy (non-hydrogen) atoms. The van der Waals surface area contributed by atoms with Crippen LogP contribution in [0.1, 0.15) is 24.2 Å². The maximum atomic E-state index is 11.6. The lowest BCUT2D eigenvalue weighted by Gasteiger charge is -2.09. The summed E-state index contributed by atoms with van der Waals surface area (Å²) >= 11 is 0. The van der Waals surface area contributed by atoms with Gasteiger partial charge in [0, 0.05) is 11.7 Å². The lowest BCUT2D eigenvalue weighted by molar-refractivity contribution is 0.100. The predicted molar refractivity (Wildman–Crippen MR) is 92.2 cm³/mol. The monoisotopic (exact) mass is 345 g/mol. The zero-order valence-electron chi connectivity index (χ0n) is 13.8. The number of carbonyl (C=O) groups excluding carboxylic acids is 3. The lowest BCUT2D eigenvalue weighted by Crippen LogP contribution is -2.32. The summed E-state index contributed by atoms with van der Waals surface area (Å²) in [5.74, 6) is -0.234. The number of aromatic nitrogens is 1. The van der Waals surface area contributed by atoms with Gasteiger partial charge in [0.1, 0.15) is 11.6 Å². The summed E-state index contributed by atoms with van der Waals surface area (Å²) in [4.78, 5) is 36.9. The summed E-state index contributed by atoms with van der Waals surface area (Å²) < 4.78 is 5.13. The molecule has 132 valence electrons. The average Bonchev–Trinajstić information content (AvgIpc) is 2.90. The highest BCUT2D eigenvalue weighted by atomic mass is 16.6. The van der Waals surface area contributed by atoms with E-state index >= 15 is 0 Å². The van der Waals surface area contributed by atoms with Crippen LogP contribution in [0.4, 0.5) is 15.4 Å². The zero-order chi connectivity index (χ0) is 18.6. The van der Waals surface area contributed by atoms with Gasteiger partial charge in [0.05, 0.1) is 5.56 Å². The third-order valence-corrected chi connectivity index (χ3v) is 3.11. The van der Waals surface area contributed by atoms with Crippen molar-refractivity contribution in [3.8, 4) is 17.0 Å². The van der Waals surface area contributed by atoms with E-state index in [9.17, 15) is 14.4 Å². The fourth-order valence-corrected chi connectivity index (χ4v) is 2.10. The van der Waals surface area contributed by atoms with Gasteiger partial charge in [-0.3, -0.25) is 10.1 Å². The molecule has 1 aromatic heterocycles. The topological polar surface area (TPSA) is 152 Å². The molecule has 0 aliphatic heterocycles. The van der Waals surface area contributed by atoms with Crippen molar-refractivity contribution < 1.29 is 19.1 Å². The second kappa shape index (κ2) is 7.39. The third kappa shape index (κ3) is 4.74. The third-order valence-electron chi connectivity index (χ3n) is 3.11. The molecular formula is C16H19N5O4. The lowest BCUT2D eigenvalue weighted by atomic mass is 10.1. The van der Waals surface area contributed by atoms with Crippen molar-refractivity contribution in [2.75, 3.05) is 5.32 Å². The molecule has 0 spiro atoms. The molecule has 2 aromatic rings. The zero-order valence-corrected chi connectivity index (χ0v) is 13.8. The smallest absolute Gasteiger partial charge is 0.410 e. The SMILES string of the molecule is CC(C)NC(=O)Oc1ccc(-c2cc(C(N)=O)c(NC(N)=O)[nH]2)cc1. The second-order valence-electron chi connectivity index (χ2n) is 5.54. The molecule has 0 unspecified atom stereocenters. The number of anilines is 1. The van der Waals surface area contributed by atoms with Gasteiger partial charge in [0.15, 0.2) is 0 Å². The summed E-state index contributed by atoms with van der Waals surface area (Å²) in [6.45, 7) is 3.65. The first-order valence-corrected chi connectivity index (χ1v) is 7.44. The number of ether oxygens (including phenoxy) is 1. The molecule has 9 heteroatoms. The van der Waals surface area contributed by atoms with Gasteiger partial charge in [-0.25, -0.2) is 9.59 Å². The Kier molecular flexibility index (Phi) is 5.28. The first kappa shape index (κ1) is 17.9. The highest BCUT2D eigenvalue weighted by molar-refractivity contribution is 6.03. The van der Waals surface area contributed by atoms with Crippen LogP contribution >= 0.6 is 0 Å². The fourth-order valence-electron chi connectivity index (χ4n) is 2.10. The van der Waals surface area contributed by atoms with E-state index in [1.54, 1.807) is 24.3 Å². The van der Waals surface area contributed by atoms with Gasteiger partial charge in [0.25, 0.3) is 5.91 Å². The molecule has 7 N–H and O–H groups in total. The molecule has 0 aliphatic rings. The van der Waals surface area contributed by atoms with Gasteiger partial charge in [-0.2, -0.15) is 0 Å². The Balaban J connectivity index is 2.20. The van der Waals surface area contributed by atoms with Crippen molar-refractivity contribution in [2.45, 2.75) is 19.9 Å². The number of hydrogen-bond donors (Lipinski definition) is 5. The number of rotatable bonds is 5. The Morgan fingerprint density at radius 2 is 1.76 bits per heavy atom. The standard InChI is InChI=1S/C16H19N5O4/c1-8(2)19-16(24)25-10-5-3-9(4-6-10)12-7-11(13(17)22)14(20-12)21-15(18)23/h3-8,20H,1-2H3,(H2,17,22)(H,19,24)(H3,18,21,23). The van der Waals surface area contributed by atoms with Crippen molar-refractivity contribution in [2.24, 2.45) is 11.5 Å². The summed E-state index contributed by atoms with van der Waals surface area (Å²) in [6.07, 6.45) is -0.549. The van der Waals surface area contributed by atoms with Gasteiger partial charge in [-0.05, 0) is 49.7 Å². The van der Waals surface area contributed by atoms with E-state index in [-0.39, 0.29) is 17.4 Å². The summed E-state index contributed by atoms with van der Waals surface area (Å²) in [6, 6.07) is 7.20. The molecule has 1 heterocycles. The number of hydrogen-bond acceptors (Lipinski definition) is 4. The van der Waals surface area contributed by atoms with Crippen molar-refractivity contribution >= 4 is 23.8 Å². The van der Waals surface area contributed by atoms with Crippen LogP contribution in [0.15, 0.2) is 30.3 Å². The maximum Gasteiger partial charge on any atom is 0.412 e. The van der Waals surface area contributed by atoms with Gasteiger partial charge in [0.2, 0.25) is 0 Å². The largest absolute Gasteiger partial charge is 0.412 e. The Morgan fingerprint density at radius 1 is 1.12 bits per heavy atom. The second-order valence-corrected chi connectivity index (χ2v) is 5.54. The molecule has 0 atom stereocenters. The van der Waals surface area contributed by atoms with Crippen molar-refractivity contribution in [1.82, 2.24) is 10.3 Å². The molecule has 1 aromatic carbocycles. The van der Waals surface area contributed by atoms with Crippen molar-refractivity contribution in [3.63, 3.8) is 0 Å². The number of nitrogens with one attached hydrogen (secondary N) is 3. The number of nitrogens with two attached hydrogens (primary N) is 2.